The van der Waals surface area contributed by atoms with Gasteiger partial charge >= 0.3 is 0 Å². The van der Waals surface area contributed by atoms with Crippen molar-refractivity contribution in [3.63, 3.8) is 0 Å². The van der Waals surface area contributed by atoms with Crippen LogP contribution in [0.15, 0.2) is 24.3 Å². The van der Waals surface area contributed by atoms with E-state index in [9.17, 15) is 4.79 Å². The van der Waals surface area contributed by atoms with Crippen LogP contribution in [0, 0.1) is 0 Å². The van der Waals surface area contributed by atoms with Crippen LogP contribution in [0.2, 0.25) is 0 Å². The predicted octanol–water partition coefficient (Wildman–Crippen LogP) is 1.57. The van der Waals surface area contributed by atoms with Crippen molar-refractivity contribution in [1.29, 1.82) is 0 Å². The summed E-state index contributed by atoms with van der Waals surface area (Å²) in [5.74, 6) is -0.0618. The molecule has 1 saturated heterocycles. The summed E-state index contributed by atoms with van der Waals surface area (Å²) in [7, 11) is 0. The van der Waals surface area contributed by atoms with E-state index in [1.807, 2.05) is 31.2 Å². The van der Waals surface area contributed by atoms with Gasteiger partial charge in [0.25, 0.3) is 0 Å². The van der Waals surface area contributed by atoms with Crippen LogP contribution in [-0.2, 0) is 20.9 Å². The molecule has 1 unspecified atom stereocenters. The first-order valence-corrected chi connectivity index (χ1v) is 6.58. The van der Waals surface area contributed by atoms with E-state index in [-0.39, 0.29) is 24.4 Å². The molecule has 1 atom stereocenters. The third kappa shape index (κ3) is 5.09. The van der Waals surface area contributed by atoms with Crippen molar-refractivity contribution in [3.05, 3.63) is 29.8 Å². The summed E-state index contributed by atoms with van der Waals surface area (Å²) in [4.78, 5) is 12.0. The van der Waals surface area contributed by atoms with Gasteiger partial charge in [0, 0.05) is 18.8 Å². The van der Waals surface area contributed by atoms with E-state index in [2.05, 4.69) is 10.6 Å². The fourth-order valence-corrected chi connectivity index (χ4v) is 1.92. The standard InChI is InChI=1S/C14H20N2O3.ClH/c1-2-18-9-11-4-3-5-12(8-11)16-14(17)13-10-19-7-6-15-13;/h3-5,8,13,15H,2,6-7,9-10H2,1H3,(H,16,17);1H. The first-order valence-electron chi connectivity index (χ1n) is 6.58. The number of hydrogen-bond acceptors (Lipinski definition) is 4. The van der Waals surface area contributed by atoms with Gasteiger partial charge in [-0.15, -0.1) is 12.4 Å². The van der Waals surface area contributed by atoms with Crippen LogP contribution in [0.25, 0.3) is 0 Å². The molecule has 1 aliphatic rings. The second kappa shape index (κ2) is 8.92. The van der Waals surface area contributed by atoms with E-state index in [1.165, 1.54) is 0 Å². The Labute approximate surface area is 125 Å². The molecule has 5 nitrogen and oxygen atoms in total. The van der Waals surface area contributed by atoms with Gasteiger partial charge < -0.3 is 20.1 Å². The highest BCUT2D eigenvalue weighted by Gasteiger charge is 2.20. The highest BCUT2D eigenvalue weighted by Crippen LogP contribution is 2.12. The van der Waals surface area contributed by atoms with Crippen LogP contribution in [-0.4, -0.2) is 38.3 Å². The van der Waals surface area contributed by atoms with Crippen LogP contribution in [0.3, 0.4) is 0 Å². The third-order valence-corrected chi connectivity index (χ3v) is 2.91. The van der Waals surface area contributed by atoms with E-state index in [0.717, 1.165) is 11.3 Å². The lowest BCUT2D eigenvalue weighted by Crippen LogP contribution is -2.48. The minimum absolute atomic E-state index is 0. The molecule has 0 bridgehead atoms. The lowest BCUT2D eigenvalue weighted by molar-refractivity contribution is -0.120. The summed E-state index contributed by atoms with van der Waals surface area (Å²) in [6, 6.07) is 7.42. The number of morpholine rings is 1. The Morgan fingerprint density at radius 1 is 1.55 bits per heavy atom. The zero-order chi connectivity index (χ0) is 13.5. The normalized spacial score (nSPS) is 18.1. The molecule has 0 radical (unpaired) electrons. The Morgan fingerprint density at radius 3 is 3.10 bits per heavy atom. The summed E-state index contributed by atoms with van der Waals surface area (Å²) in [6.07, 6.45) is 0. The van der Waals surface area contributed by atoms with Crippen LogP contribution in [0.1, 0.15) is 12.5 Å². The van der Waals surface area contributed by atoms with Crippen LogP contribution in [0.4, 0.5) is 5.69 Å². The summed E-state index contributed by atoms with van der Waals surface area (Å²) in [6.45, 7) is 4.99. The van der Waals surface area contributed by atoms with Crippen molar-refractivity contribution in [1.82, 2.24) is 5.32 Å². The number of rotatable bonds is 5. The molecular formula is C14H21ClN2O3. The van der Waals surface area contributed by atoms with E-state index >= 15 is 0 Å². The van der Waals surface area contributed by atoms with Gasteiger partial charge in [0.15, 0.2) is 0 Å². The maximum atomic E-state index is 12.0. The second-order valence-corrected chi connectivity index (χ2v) is 4.41. The van der Waals surface area contributed by atoms with Gasteiger partial charge in [-0.25, -0.2) is 0 Å². The summed E-state index contributed by atoms with van der Waals surface area (Å²) in [5, 5.41) is 6.02. The number of halogens is 1. The lowest BCUT2D eigenvalue weighted by Gasteiger charge is -2.23. The first-order chi connectivity index (χ1) is 9.29. The molecular weight excluding hydrogens is 280 g/mol. The molecule has 2 rings (SSSR count). The average molecular weight is 301 g/mol. The monoisotopic (exact) mass is 300 g/mol. The van der Waals surface area contributed by atoms with Crippen LogP contribution in [0.5, 0.6) is 0 Å². The van der Waals surface area contributed by atoms with Gasteiger partial charge in [0.05, 0.1) is 19.8 Å². The van der Waals surface area contributed by atoms with Crippen molar-refractivity contribution in [2.75, 3.05) is 31.7 Å². The molecule has 0 spiro atoms. The molecule has 0 saturated carbocycles. The summed E-state index contributed by atoms with van der Waals surface area (Å²) < 4.78 is 10.6. The molecule has 0 aliphatic carbocycles. The number of nitrogens with one attached hydrogen (secondary N) is 2. The number of carbonyl (C=O) groups excluding carboxylic acids is 1. The fraction of sp³-hybridized carbons (Fsp3) is 0.500. The molecule has 112 valence electrons. The number of amides is 1. The van der Waals surface area contributed by atoms with Gasteiger partial charge in [0.2, 0.25) is 5.91 Å². The van der Waals surface area contributed by atoms with Gasteiger partial charge in [-0.1, -0.05) is 12.1 Å². The summed E-state index contributed by atoms with van der Waals surface area (Å²) >= 11 is 0. The van der Waals surface area contributed by atoms with Gasteiger partial charge in [0.1, 0.15) is 6.04 Å². The van der Waals surface area contributed by atoms with E-state index in [4.69, 9.17) is 9.47 Å². The molecule has 0 aromatic heterocycles. The van der Waals surface area contributed by atoms with Crippen molar-refractivity contribution in [3.8, 4) is 0 Å². The molecule has 6 heteroatoms. The molecule has 1 heterocycles. The average Bonchev–Trinajstić information content (AvgIpc) is 2.46. The Bertz CT molecular complexity index is 423. The Morgan fingerprint density at radius 2 is 2.40 bits per heavy atom. The number of carbonyl (C=O) groups is 1. The number of anilines is 1. The SMILES string of the molecule is CCOCc1cccc(NC(=O)C2COCCN2)c1.Cl. The van der Waals surface area contributed by atoms with E-state index in [1.54, 1.807) is 0 Å². The largest absolute Gasteiger partial charge is 0.378 e. The minimum Gasteiger partial charge on any atom is -0.378 e. The number of ether oxygens (including phenoxy) is 2. The van der Waals surface area contributed by atoms with Crippen LogP contribution < -0.4 is 10.6 Å². The highest BCUT2D eigenvalue weighted by atomic mass is 35.5. The Hall–Kier alpha value is -1.14. The van der Waals surface area contributed by atoms with Gasteiger partial charge in [-0.05, 0) is 24.6 Å². The molecule has 20 heavy (non-hydrogen) atoms. The molecule has 1 amide bonds. The maximum Gasteiger partial charge on any atom is 0.243 e. The Balaban J connectivity index is 0.00000200. The van der Waals surface area contributed by atoms with Gasteiger partial charge in [-0.2, -0.15) is 0 Å². The van der Waals surface area contributed by atoms with Crippen molar-refractivity contribution in [2.45, 2.75) is 19.6 Å². The molecule has 2 N–H and O–H groups in total. The van der Waals surface area contributed by atoms with E-state index < -0.39 is 0 Å². The zero-order valence-corrected chi connectivity index (χ0v) is 12.4. The quantitative estimate of drug-likeness (QED) is 0.867. The lowest BCUT2D eigenvalue weighted by atomic mass is 10.2. The third-order valence-electron chi connectivity index (χ3n) is 2.91. The Kier molecular flexibility index (Phi) is 7.54. The predicted molar refractivity (Wildman–Crippen MR) is 80.3 cm³/mol. The maximum absolute atomic E-state index is 12.0. The molecule has 1 aliphatic heterocycles. The molecule has 1 aromatic rings. The highest BCUT2D eigenvalue weighted by molar-refractivity contribution is 5.95. The smallest absolute Gasteiger partial charge is 0.243 e. The van der Waals surface area contributed by atoms with Crippen LogP contribution >= 0.6 is 12.4 Å². The van der Waals surface area contributed by atoms with Gasteiger partial charge in [-0.3, -0.25) is 4.79 Å². The van der Waals surface area contributed by atoms with E-state index in [0.29, 0.717) is 33.0 Å². The summed E-state index contributed by atoms with van der Waals surface area (Å²) in [5.41, 5.74) is 1.84. The minimum atomic E-state index is -0.274. The fourth-order valence-electron chi connectivity index (χ4n) is 1.92. The second-order valence-electron chi connectivity index (χ2n) is 4.41. The molecule has 1 aromatic carbocycles. The number of benzene rings is 1. The topological polar surface area (TPSA) is 59.6 Å². The van der Waals surface area contributed by atoms with Crippen molar-refractivity contribution in [2.24, 2.45) is 0 Å². The molecule has 1 fully saturated rings. The zero-order valence-electron chi connectivity index (χ0n) is 11.6. The van der Waals surface area contributed by atoms with Crippen molar-refractivity contribution < 1.29 is 14.3 Å². The van der Waals surface area contributed by atoms with Crippen molar-refractivity contribution >= 4 is 24.0 Å². The number of hydrogen-bond donors (Lipinski definition) is 2. The first kappa shape index (κ1) is 16.9.